The van der Waals surface area contributed by atoms with E-state index in [0.29, 0.717) is 17.9 Å². The molecule has 0 radical (unpaired) electrons. The Balaban J connectivity index is 1.51. The maximum atomic E-state index is 13.2. The van der Waals surface area contributed by atoms with E-state index in [4.69, 9.17) is 0 Å². The lowest BCUT2D eigenvalue weighted by atomic mass is 9.87. The molecule has 2 aliphatic rings. The van der Waals surface area contributed by atoms with Crippen LogP contribution in [0.25, 0.3) is 0 Å². The summed E-state index contributed by atoms with van der Waals surface area (Å²) < 4.78 is 0. The van der Waals surface area contributed by atoms with Crippen LogP contribution in [0.3, 0.4) is 0 Å². The van der Waals surface area contributed by atoms with E-state index in [1.165, 1.54) is 43.2 Å². The summed E-state index contributed by atoms with van der Waals surface area (Å²) in [6, 6.07) is 19.5. The molecule has 2 aromatic rings. The lowest BCUT2D eigenvalue weighted by molar-refractivity contribution is 0.0780. The van der Waals surface area contributed by atoms with Gasteiger partial charge >= 0.3 is 0 Å². The van der Waals surface area contributed by atoms with Gasteiger partial charge in [0, 0.05) is 37.2 Å². The van der Waals surface area contributed by atoms with Gasteiger partial charge in [-0.1, -0.05) is 67.3 Å². The molecule has 1 aliphatic carbocycles. The third-order valence-corrected chi connectivity index (χ3v) is 6.98. The summed E-state index contributed by atoms with van der Waals surface area (Å²) in [7, 11) is 2.29. The molecule has 2 fully saturated rings. The predicted molar refractivity (Wildman–Crippen MR) is 119 cm³/mol. The van der Waals surface area contributed by atoms with E-state index in [1.54, 1.807) is 0 Å². The molecule has 0 bridgehead atoms. The molecule has 2 aromatic carbocycles. The van der Waals surface area contributed by atoms with Gasteiger partial charge in [0.05, 0.1) is 0 Å². The largest absolute Gasteiger partial charge is 0.338 e. The van der Waals surface area contributed by atoms with Crippen LogP contribution < -0.4 is 0 Å². The molecular formula is C26H34N2O. The monoisotopic (exact) mass is 390 g/mol. The van der Waals surface area contributed by atoms with Crippen LogP contribution in [-0.4, -0.2) is 48.4 Å². The van der Waals surface area contributed by atoms with Crippen molar-refractivity contribution in [2.75, 3.05) is 26.7 Å². The van der Waals surface area contributed by atoms with Gasteiger partial charge in [-0.3, -0.25) is 4.79 Å². The van der Waals surface area contributed by atoms with Crippen LogP contribution >= 0.6 is 0 Å². The third kappa shape index (κ3) is 4.72. The minimum Gasteiger partial charge on any atom is -0.338 e. The highest BCUT2D eigenvalue weighted by Crippen LogP contribution is 2.35. The lowest BCUT2D eigenvalue weighted by Gasteiger charge is -2.34. The molecule has 3 heteroatoms. The zero-order valence-electron chi connectivity index (χ0n) is 17.9. The average Bonchev–Trinajstić information content (AvgIpc) is 3.19. The second kappa shape index (κ2) is 9.13. The first-order valence-electron chi connectivity index (χ1n) is 11.2. The van der Waals surface area contributed by atoms with Crippen LogP contribution in [0, 0.1) is 12.8 Å². The van der Waals surface area contributed by atoms with E-state index in [2.05, 4.69) is 54.1 Å². The van der Waals surface area contributed by atoms with Gasteiger partial charge in [-0.15, -0.1) is 0 Å². The average molecular weight is 391 g/mol. The Labute approximate surface area is 175 Å². The van der Waals surface area contributed by atoms with Gasteiger partial charge in [0.25, 0.3) is 5.91 Å². The molecule has 1 aliphatic heterocycles. The van der Waals surface area contributed by atoms with Crippen LogP contribution in [-0.2, 0) is 0 Å². The molecular weight excluding hydrogens is 356 g/mol. The van der Waals surface area contributed by atoms with Gasteiger partial charge in [-0.25, -0.2) is 0 Å². The molecule has 3 nitrogen and oxygen atoms in total. The summed E-state index contributed by atoms with van der Waals surface area (Å²) in [5.41, 5.74) is 3.37. The van der Waals surface area contributed by atoms with Crippen molar-refractivity contribution in [3.8, 4) is 0 Å². The first-order chi connectivity index (χ1) is 14.1. The fourth-order valence-corrected chi connectivity index (χ4v) is 5.22. The number of hydrogen-bond donors (Lipinski definition) is 0. The highest BCUT2D eigenvalue weighted by atomic mass is 16.2. The van der Waals surface area contributed by atoms with Crippen LogP contribution in [0.15, 0.2) is 54.6 Å². The van der Waals surface area contributed by atoms with Crippen molar-refractivity contribution in [1.29, 1.82) is 0 Å². The quantitative estimate of drug-likeness (QED) is 0.708. The lowest BCUT2D eigenvalue weighted by Crippen LogP contribution is -2.38. The van der Waals surface area contributed by atoms with E-state index in [9.17, 15) is 4.79 Å². The van der Waals surface area contributed by atoms with Crippen molar-refractivity contribution in [3.05, 3.63) is 71.3 Å². The van der Waals surface area contributed by atoms with Crippen molar-refractivity contribution in [3.63, 3.8) is 0 Å². The Hall–Kier alpha value is -2.13. The number of rotatable bonds is 5. The molecule has 29 heavy (non-hydrogen) atoms. The Morgan fingerprint density at radius 3 is 2.34 bits per heavy atom. The summed E-state index contributed by atoms with van der Waals surface area (Å²) in [6.07, 6.45) is 6.76. The van der Waals surface area contributed by atoms with E-state index in [1.807, 2.05) is 24.3 Å². The fourth-order valence-electron chi connectivity index (χ4n) is 5.22. The number of likely N-dealkylation sites (tertiary alicyclic amines) is 1. The Morgan fingerprint density at radius 2 is 1.66 bits per heavy atom. The van der Waals surface area contributed by atoms with Crippen molar-refractivity contribution in [2.45, 2.75) is 51.0 Å². The zero-order valence-corrected chi connectivity index (χ0v) is 17.9. The number of carbonyl (C=O) groups excluding carboxylic acids is 1. The Morgan fingerprint density at radius 1 is 0.966 bits per heavy atom. The minimum absolute atomic E-state index is 0.175. The normalized spacial score (nSPS) is 22.9. The minimum atomic E-state index is 0.175. The number of hydrogen-bond acceptors (Lipinski definition) is 2. The Bertz CT molecular complexity index is 795. The van der Waals surface area contributed by atoms with Crippen LogP contribution in [0.5, 0.6) is 0 Å². The highest BCUT2D eigenvalue weighted by Gasteiger charge is 2.37. The summed E-state index contributed by atoms with van der Waals surface area (Å²) >= 11 is 0. The summed E-state index contributed by atoms with van der Waals surface area (Å²) in [4.78, 5) is 17.8. The van der Waals surface area contributed by atoms with Crippen molar-refractivity contribution in [2.24, 2.45) is 5.92 Å². The summed E-state index contributed by atoms with van der Waals surface area (Å²) in [5, 5.41) is 0. The molecule has 154 valence electrons. The first kappa shape index (κ1) is 20.2. The van der Waals surface area contributed by atoms with Crippen LogP contribution in [0.2, 0.25) is 0 Å². The first-order valence-corrected chi connectivity index (χ1v) is 11.2. The van der Waals surface area contributed by atoms with E-state index in [0.717, 1.165) is 25.2 Å². The number of amides is 1. The maximum absolute atomic E-state index is 13.2. The van der Waals surface area contributed by atoms with Gasteiger partial charge in [0.15, 0.2) is 0 Å². The predicted octanol–water partition coefficient (Wildman–Crippen LogP) is 5.12. The summed E-state index contributed by atoms with van der Waals surface area (Å²) in [5.74, 6) is 1.07. The van der Waals surface area contributed by atoms with E-state index >= 15 is 0 Å². The molecule has 0 spiro atoms. The molecule has 1 amide bonds. The van der Waals surface area contributed by atoms with Gasteiger partial charge in [0.1, 0.15) is 0 Å². The van der Waals surface area contributed by atoms with Crippen molar-refractivity contribution in [1.82, 2.24) is 9.80 Å². The Kier molecular flexibility index (Phi) is 6.34. The van der Waals surface area contributed by atoms with Crippen molar-refractivity contribution >= 4 is 5.91 Å². The van der Waals surface area contributed by atoms with E-state index in [-0.39, 0.29) is 5.91 Å². The van der Waals surface area contributed by atoms with E-state index < -0.39 is 0 Å². The standard InChI is InChI=1S/C26H34N2O/c1-20-13-15-22(16-14-20)26(29)28-18-23(17-27(2)24-11-7-4-8-12-24)25(19-28)21-9-5-3-6-10-21/h3,5-6,9-10,13-16,23-25H,4,7-8,11-12,17-19H2,1-2H3/t23-,25-/m0/s1. The summed E-state index contributed by atoms with van der Waals surface area (Å²) in [6.45, 7) is 4.80. The zero-order chi connectivity index (χ0) is 20.2. The fraction of sp³-hybridized carbons (Fsp3) is 0.500. The highest BCUT2D eigenvalue weighted by molar-refractivity contribution is 5.94. The van der Waals surface area contributed by atoms with Gasteiger partial charge < -0.3 is 9.80 Å². The molecule has 4 rings (SSSR count). The molecule has 0 N–H and O–H groups in total. The number of carbonyl (C=O) groups is 1. The third-order valence-electron chi connectivity index (χ3n) is 6.98. The molecule has 2 atom stereocenters. The van der Waals surface area contributed by atoms with Crippen LogP contribution in [0.4, 0.5) is 0 Å². The van der Waals surface area contributed by atoms with Crippen molar-refractivity contribution < 1.29 is 4.79 Å². The molecule has 1 saturated carbocycles. The molecule has 1 saturated heterocycles. The molecule has 0 aromatic heterocycles. The SMILES string of the molecule is Cc1ccc(C(=O)N2C[C@H](CN(C)C3CCCCC3)[C@H](c3ccccc3)C2)cc1. The second-order valence-electron chi connectivity index (χ2n) is 9.08. The maximum Gasteiger partial charge on any atom is 0.253 e. The number of nitrogens with zero attached hydrogens (tertiary/aromatic N) is 2. The number of benzene rings is 2. The van der Waals surface area contributed by atoms with Gasteiger partial charge in [0.2, 0.25) is 0 Å². The molecule has 0 unspecified atom stereocenters. The topological polar surface area (TPSA) is 23.6 Å². The van der Waals surface area contributed by atoms with Gasteiger partial charge in [-0.05, 0) is 50.4 Å². The van der Waals surface area contributed by atoms with Gasteiger partial charge in [-0.2, -0.15) is 0 Å². The number of aryl methyl sites for hydroxylation is 1. The van der Waals surface area contributed by atoms with Crippen LogP contribution in [0.1, 0.15) is 59.5 Å². The second-order valence-corrected chi connectivity index (χ2v) is 9.08. The smallest absolute Gasteiger partial charge is 0.253 e. The molecule has 1 heterocycles.